The lowest BCUT2D eigenvalue weighted by Crippen LogP contribution is -2.68. The highest BCUT2D eigenvalue weighted by atomic mass is 32.1. The minimum absolute atomic E-state index is 0.00519. The summed E-state index contributed by atoms with van der Waals surface area (Å²) in [5, 5.41) is 6.28. The Labute approximate surface area is 258 Å². The summed E-state index contributed by atoms with van der Waals surface area (Å²) >= 11 is 1.65. The number of amides is 1. The lowest BCUT2D eigenvalue weighted by Gasteiger charge is -2.47. The van der Waals surface area contributed by atoms with E-state index in [0.717, 1.165) is 86.5 Å². The van der Waals surface area contributed by atoms with Crippen molar-refractivity contribution in [1.29, 1.82) is 0 Å². The highest BCUT2D eigenvalue weighted by Crippen LogP contribution is 2.43. The molecule has 3 saturated heterocycles. The molecule has 1 aliphatic carbocycles. The van der Waals surface area contributed by atoms with E-state index in [1.165, 1.54) is 0 Å². The van der Waals surface area contributed by atoms with Crippen molar-refractivity contribution in [2.24, 2.45) is 11.8 Å². The second kappa shape index (κ2) is 12.6. The van der Waals surface area contributed by atoms with Crippen molar-refractivity contribution < 1.29 is 19.1 Å². The fourth-order valence-electron chi connectivity index (χ4n) is 7.38. The van der Waals surface area contributed by atoms with E-state index in [1.807, 2.05) is 24.0 Å². The SMILES string of the molecule is C/C=C(\C)C1CN(C(C=O)(NC(=O)c2ccc(-c3csc(N4CCN(C)CC4)n3)cc2)C2CCCCC2)C2C(=O)COC12. The number of allylic oxidation sites excluding steroid dienone is 1. The van der Waals surface area contributed by atoms with Crippen LogP contribution < -0.4 is 10.2 Å². The van der Waals surface area contributed by atoms with E-state index in [9.17, 15) is 14.4 Å². The Morgan fingerprint density at radius 2 is 1.84 bits per heavy atom. The van der Waals surface area contributed by atoms with Gasteiger partial charge in [-0.05, 0) is 45.9 Å². The van der Waals surface area contributed by atoms with Crippen molar-refractivity contribution in [2.45, 2.75) is 63.8 Å². The second-order valence-corrected chi connectivity index (χ2v) is 13.4. The van der Waals surface area contributed by atoms with Crippen molar-refractivity contribution in [3.63, 3.8) is 0 Å². The highest BCUT2D eigenvalue weighted by Gasteiger charge is 2.59. The van der Waals surface area contributed by atoms with Crippen LogP contribution in [0, 0.1) is 11.8 Å². The number of carbonyl (C=O) groups is 3. The minimum Gasteiger partial charge on any atom is -0.368 e. The van der Waals surface area contributed by atoms with Crippen molar-refractivity contribution >= 4 is 34.4 Å². The Morgan fingerprint density at radius 3 is 2.51 bits per heavy atom. The average Bonchev–Trinajstić information content (AvgIpc) is 3.78. The Morgan fingerprint density at radius 1 is 1.12 bits per heavy atom. The van der Waals surface area contributed by atoms with E-state index in [-0.39, 0.29) is 36.2 Å². The maximum absolute atomic E-state index is 13.9. The number of likely N-dealkylation sites (tertiary alicyclic amines) is 1. The molecule has 3 aliphatic heterocycles. The number of hydrogen-bond donors (Lipinski definition) is 1. The van der Waals surface area contributed by atoms with Gasteiger partial charge in [-0.1, -0.05) is 43.0 Å². The summed E-state index contributed by atoms with van der Waals surface area (Å²) in [6.07, 6.45) is 7.41. The number of aldehydes is 1. The molecular weight excluding hydrogens is 562 g/mol. The number of ether oxygens (including phenoxy) is 1. The molecule has 4 atom stereocenters. The molecule has 9 nitrogen and oxygen atoms in total. The van der Waals surface area contributed by atoms with Gasteiger partial charge in [0.15, 0.2) is 22.9 Å². The number of anilines is 1. The molecule has 6 rings (SSSR count). The third kappa shape index (κ3) is 5.70. The van der Waals surface area contributed by atoms with Crippen molar-refractivity contribution in [2.75, 3.05) is 51.3 Å². The van der Waals surface area contributed by atoms with Crippen LogP contribution in [0.4, 0.5) is 5.13 Å². The van der Waals surface area contributed by atoms with Gasteiger partial charge in [0.1, 0.15) is 12.6 Å². The number of Topliss-reactive ketones (excluding diaryl/α,β-unsaturated/α-hetero) is 1. The summed E-state index contributed by atoms with van der Waals surface area (Å²) in [6, 6.07) is 6.91. The third-order valence-electron chi connectivity index (χ3n) is 10.1. The van der Waals surface area contributed by atoms with E-state index in [4.69, 9.17) is 9.72 Å². The van der Waals surface area contributed by atoms with Crippen LogP contribution in [0.15, 0.2) is 41.3 Å². The second-order valence-electron chi connectivity index (χ2n) is 12.6. The number of carbonyl (C=O) groups excluding carboxylic acids is 3. The normalized spacial score (nSPS) is 27.2. The van der Waals surface area contributed by atoms with Gasteiger partial charge in [0.05, 0.1) is 11.8 Å². The van der Waals surface area contributed by atoms with E-state index in [2.05, 4.69) is 40.5 Å². The Bertz CT molecular complexity index is 1360. The lowest BCUT2D eigenvalue weighted by atomic mass is 9.78. The first kappa shape index (κ1) is 30.1. The molecule has 43 heavy (non-hydrogen) atoms. The lowest BCUT2D eigenvalue weighted by molar-refractivity contribution is -0.133. The number of benzene rings is 1. The number of piperazine rings is 1. The van der Waals surface area contributed by atoms with Gasteiger partial charge in [-0.2, -0.15) is 0 Å². The molecule has 4 fully saturated rings. The van der Waals surface area contributed by atoms with Crippen LogP contribution in [-0.4, -0.2) is 96.9 Å². The molecule has 230 valence electrons. The van der Waals surface area contributed by atoms with Gasteiger partial charge in [0.25, 0.3) is 5.91 Å². The molecule has 4 unspecified atom stereocenters. The number of hydrogen-bond acceptors (Lipinski definition) is 9. The maximum atomic E-state index is 13.9. The van der Waals surface area contributed by atoms with Gasteiger partial charge in [0.2, 0.25) is 0 Å². The maximum Gasteiger partial charge on any atom is 0.253 e. The predicted molar refractivity (Wildman–Crippen MR) is 168 cm³/mol. The first-order valence-electron chi connectivity index (χ1n) is 15.7. The molecule has 2 aromatic rings. The molecule has 1 saturated carbocycles. The molecule has 1 aromatic heterocycles. The Hall–Kier alpha value is -2.92. The summed E-state index contributed by atoms with van der Waals surface area (Å²) in [7, 11) is 2.14. The molecule has 1 aromatic carbocycles. The van der Waals surface area contributed by atoms with E-state index >= 15 is 0 Å². The summed E-state index contributed by atoms with van der Waals surface area (Å²) in [4.78, 5) is 51.9. The third-order valence-corrected chi connectivity index (χ3v) is 11.0. The number of nitrogens with zero attached hydrogens (tertiary/aromatic N) is 4. The number of thiazole rings is 1. The van der Waals surface area contributed by atoms with E-state index in [1.54, 1.807) is 23.5 Å². The number of fused-ring (bicyclic) bond motifs is 1. The van der Waals surface area contributed by atoms with Gasteiger partial charge in [0, 0.05) is 61.1 Å². The van der Waals surface area contributed by atoms with Gasteiger partial charge >= 0.3 is 0 Å². The van der Waals surface area contributed by atoms with Crippen LogP contribution in [-0.2, 0) is 14.3 Å². The summed E-state index contributed by atoms with van der Waals surface area (Å²) < 4.78 is 6.00. The van der Waals surface area contributed by atoms with Gasteiger partial charge < -0.3 is 19.9 Å². The van der Waals surface area contributed by atoms with Crippen LogP contribution in [0.5, 0.6) is 0 Å². The van der Waals surface area contributed by atoms with Crippen LogP contribution in [0.1, 0.15) is 56.3 Å². The van der Waals surface area contributed by atoms with Crippen molar-refractivity contribution in [3.05, 3.63) is 46.9 Å². The summed E-state index contributed by atoms with van der Waals surface area (Å²) in [5.41, 5.74) is 2.17. The molecule has 10 heteroatoms. The fourth-order valence-corrected chi connectivity index (χ4v) is 8.27. The molecule has 4 heterocycles. The quantitative estimate of drug-likeness (QED) is 0.357. The Balaban J connectivity index is 1.25. The average molecular weight is 606 g/mol. The number of aromatic nitrogens is 1. The molecule has 1 N–H and O–H groups in total. The van der Waals surface area contributed by atoms with E-state index < -0.39 is 11.7 Å². The van der Waals surface area contributed by atoms with Crippen LogP contribution >= 0.6 is 11.3 Å². The molecule has 0 bridgehead atoms. The zero-order chi connectivity index (χ0) is 30.1. The molecular formula is C33H43N5O4S. The van der Waals surface area contributed by atoms with Crippen molar-refractivity contribution in [1.82, 2.24) is 20.1 Å². The fraction of sp³-hybridized carbons (Fsp3) is 0.576. The monoisotopic (exact) mass is 605 g/mol. The summed E-state index contributed by atoms with van der Waals surface area (Å²) in [5.74, 6) is -0.413. The minimum atomic E-state index is -1.28. The zero-order valence-electron chi connectivity index (χ0n) is 25.5. The largest absolute Gasteiger partial charge is 0.368 e. The first-order chi connectivity index (χ1) is 20.8. The number of likely N-dealkylation sites (N-methyl/N-ethyl adjacent to an activating group) is 1. The predicted octanol–water partition coefficient (Wildman–Crippen LogP) is 4.00. The van der Waals surface area contributed by atoms with Crippen molar-refractivity contribution in [3.8, 4) is 11.3 Å². The van der Waals surface area contributed by atoms with Gasteiger partial charge in [-0.15, -0.1) is 11.3 Å². The summed E-state index contributed by atoms with van der Waals surface area (Å²) in [6.45, 7) is 8.56. The van der Waals surface area contributed by atoms with Gasteiger partial charge in [-0.25, -0.2) is 4.98 Å². The molecule has 1 amide bonds. The zero-order valence-corrected chi connectivity index (χ0v) is 26.3. The topological polar surface area (TPSA) is 95.1 Å². The molecule has 0 spiro atoms. The Kier molecular flexibility index (Phi) is 8.82. The van der Waals surface area contributed by atoms with Gasteiger partial charge in [-0.3, -0.25) is 19.3 Å². The highest BCUT2D eigenvalue weighted by molar-refractivity contribution is 7.14. The smallest absolute Gasteiger partial charge is 0.253 e. The number of rotatable bonds is 8. The molecule has 0 radical (unpaired) electrons. The number of ketones is 1. The van der Waals surface area contributed by atoms with Crippen LogP contribution in [0.25, 0.3) is 11.3 Å². The standard InChI is InChI=1S/C33H43N5O4S/c1-4-22(2)26-18-38(29-28(40)19-42-30(26)29)33(21-39,25-8-6-5-7-9-25)35-31(41)24-12-10-23(11-13-24)27-20-43-32(34-27)37-16-14-36(3)15-17-37/h4,10-13,20-21,25-26,29-30H,5-9,14-19H2,1-3H3,(H,35,41)/b22-4+. The molecule has 4 aliphatic rings. The van der Waals surface area contributed by atoms with E-state index in [0.29, 0.717) is 12.1 Å². The van der Waals surface area contributed by atoms with Crippen LogP contribution in [0.2, 0.25) is 0 Å². The first-order valence-corrected chi connectivity index (χ1v) is 16.5. The van der Waals surface area contributed by atoms with Crippen LogP contribution in [0.3, 0.4) is 0 Å². The number of nitrogens with one attached hydrogen (secondary N) is 1.